The first kappa shape index (κ1) is 131. The highest BCUT2D eigenvalue weighted by Gasteiger charge is 2.33. The van der Waals surface area contributed by atoms with Gasteiger partial charge in [-0.25, -0.2) is 13.2 Å². The molecule has 11 rings (SSSR count). The Morgan fingerprint density at radius 3 is 1.06 bits per heavy atom. The summed E-state index contributed by atoms with van der Waals surface area (Å²) in [6.07, 6.45) is -5.78. The molecule has 8 nitrogen and oxygen atoms in total. The second-order valence-corrected chi connectivity index (χ2v) is 47.7. The molecule has 0 aliphatic carbocycles. The van der Waals surface area contributed by atoms with Crippen molar-refractivity contribution in [1.82, 2.24) is 0 Å². The minimum absolute atomic E-state index is 0.000131. The molecule has 792 valence electrons. The van der Waals surface area contributed by atoms with E-state index in [0.717, 1.165) is 55.5 Å². The van der Waals surface area contributed by atoms with Crippen LogP contribution >= 0.6 is 23.2 Å². The molecule has 0 aliphatic heterocycles. The molecule has 0 aromatic heterocycles. The second-order valence-electron chi connectivity index (χ2n) is 46.9. The maximum atomic E-state index is 12.9. The number of hydrogen-bond donors (Lipinski definition) is 3. The van der Waals surface area contributed by atoms with Crippen LogP contribution in [0.15, 0.2) is 231 Å². The topological polar surface area (TPSA) is 107 Å². The van der Waals surface area contributed by atoms with Gasteiger partial charge in [0.25, 0.3) is 0 Å². The van der Waals surface area contributed by atoms with Crippen LogP contribution in [0.5, 0.6) is 28.7 Å². The Hall–Kier alpha value is -9.68. The third-order valence-electron chi connectivity index (χ3n) is 22.4. The molecule has 0 aliphatic rings. The van der Waals surface area contributed by atoms with Gasteiger partial charge in [-0.15, -0.1) is 0 Å². The minimum Gasteiger partial charge on any atom is -0.497 e. The molecule has 1 unspecified atom stereocenters. The van der Waals surface area contributed by atoms with Crippen molar-refractivity contribution in [3.63, 3.8) is 0 Å². The summed E-state index contributed by atoms with van der Waals surface area (Å²) in [5, 5.41) is 29.2. The fraction of sp³-hybridized carbons (Fsp3) is 0.472. The van der Waals surface area contributed by atoms with Crippen LogP contribution in [0.2, 0.25) is 10.0 Å². The minimum atomic E-state index is -4.26. The summed E-state index contributed by atoms with van der Waals surface area (Å²) in [7, 11) is 3.28. The largest absolute Gasteiger partial charge is 0.497 e. The molecule has 0 heterocycles. The predicted molar refractivity (Wildman–Crippen MR) is 590 cm³/mol. The lowest BCUT2D eigenvalue weighted by atomic mass is 9.81. The van der Waals surface area contributed by atoms with E-state index in [-0.39, 0.29) is 91.7 Å². The quantitative estimate of drug-likeness (QED) is 0.110. The van der Waals surface area contributed by atoms with Gasteiger partial charge in [0.2, 0.25) is 6.36 Å². The molecule has 0 spiro atoms. The first-order valence-electron chi connectivity index (χ1n) is 48.9. The zero-order valence-electron chi connectivity index (χ0n) is 94.1. The number of benzene rings is 11. The van der Waals surface area contributed by atoms with Gasteiger partial charge in [-0.2, -0.15) is 22.0 Å². The van der Waals surface area contributed by atoms with Gasteiger partial charge in [-0.3, -0.25) is 0 Å². The van der Waals surface area contributed by atoms with Gasteiger partial charge in [0.05, 0.1) is 51.2 Å². The molecular weight excluding hydrogens is 1850 g/mol. The number of alkyl halides is 6. The second kappa shape index (κ2) is 57.4. The Kier molecular flexibility index (Phi) is 52.7. The van der Waals surface area contributed by atoms with Gasteiger partial charge in [0, 0.05) is 28.6 Å². The SMILES string of the molecule is CC(C)(C)c1ccc(Cl)cc1.CC(C)(C)c1ccc(F)cc1.CC(C)(C)c1cccc(F)c1.CC(C)(C)c1ccccc1.CC(F)Oc1cccc(OC(F)F)c1C(C)(C)C.CCOc1cccc(CO)c1C(C)(C)C.COc1c(Cl)ccc(CO)c1C(C)(C)C.COc1ccc(C(C)(C)C)cc1.Cc1cc(C(C)(C)C)cc(C(F)(F)F)c1.Cc1ccc(C)c(C(C)(C)C)c1.Cc1cccc(CO)c1C(C)(C)C. The molecular formula is C125H174Cl2F8O8. The van der Waals surface area contributed by atoms with E-state index >= 15 is 0 Å². The first-order valence-corrected chi connectivity index (χ1v) is 49.7. The number of ether oxygens (including phenoxy) is 5. The van der Waals surface area contributed by atoms with E-state index in [2.05, 4.69) is 291 Å². The van der Waals surface area contributed by atoms with E-state index in [1.54, 1.807) is 45.4 Å². The van der Waals surface area contributed by atoms with E-state index < -0.39 is 30.1 Å². The standard InChI is InChI=1S/C13H17F3O2.C13H20O2.C12H17ClO2.C12H15F3.C12H18O.C12H18.C11H16O.C10H13Cl.2C10H13F.C10H14/c1-8(14)17-9-6-5-7-10(18-12(15)16)11(9)13(2,3)4;1-5-15-11-8-6-7-10(9-14)12(11)13(2,3)4;1-12(2,3)10-8(7-14)5-6-9(13)11(10)15-4;1-8-5-9(11(2,3)4)7-10(6-8)12(13,14)15;1-9-6-5-7-10(8-13)11(9)12(2,3)4;1-9-6-7-10(2)11(8-9)12(3,4)5;1-11(2,3)9-5-7-10(12-4)8-6-9;2*1-10(2,3)8-4-6-9(11)7-5-8;1-10(2,3)8-5-4-6-9(11)7-8;1-10(2,3)9-7-5-4-6-8-9/h5-8,12H,1-4H3;6-8,14H,5,9H2,1-4H3;5-6,14H,7H2,1-4H3;5-7H,1-4H3;5-7,13H,8H2,1-4H3;6-8H,1-5H3;5-8H,1-4H3;3*4-7H,1-3H3;4-8H,1-3H3. The predicted octanol–water partition coefficient (Wildman–Crippen LogP) is 36.9. The molecule has 0 radical (unpaired) electrons. The Labute approximate surface area is 867 Å². The van der Waals surface area contributed by atoms with Crippen LogP contribution in [0.3, 0.4) is 0 Å². The van der Waals surface area contributed by atoms with Crippen LogP contribution in [-0.4, -0.2) is 49.1 Å². The number of rotatable bonds is 11. The highest BCUT2D eigenvalue weighted by Crippen LogP contribution is 2.43. The van der Waals surface area contributed by atoms with Crippen LogP contribution in [-0.2, 0) is 85.6 Å². The van der Waals surface area contributed by atoms with E-state index in [1.807, 2.05) is 127 Å². The Bertz CT molecular complexity index is 5420. The Balaban J connectivity index is 0.000000789. The van der Waals surface area contributed by atoms with Gasteiger partial charge in [0.15, 0.2) is 0 Å². The van der Waals surface area contributed by atoms with Crippen molar-refractivity contribution in [2.75, 3.05) is 20.8 Å². The molecule has 0 saturated carbocycles. The van der Waals surface area contributed by atoms with Gasteiger partial charge >= 0.3 is 12.8 Å². The maximum Gasteiger partial charge on any atom is 0.416 e. The number of halogens is 10. The van der Waals surface area contributed by atoms with E-state index in [4.69, 9.17) is 42.1 Å². The molecule has 11 aromatic rings. The van der Waals surface area contributed by atoms with Crippen molar-refractivity contribution in [3.05, 3.63) is 358 Å². The molecule has 0 amide bonds. The summed E-state index contributed by atoms with van der Waals surface area (Å²) < 4.78 is 126. The molecule has 1 atom stereocenters. The first-order chi connectivity index (χ1) is 65.2. The molecule has 11 aromatic carbocycles. The average molecular weight is 2030 g/mol. The molecule has 143 heavy (non-hydrogen) atoms. The van der Waals surface area contributed by atoms with Gasteiger partial charge in [-0.05, 0) is 251 Å². The number of aliphatic hydroxyl groups is 3. The van der Waals surface area contributed by atoms with Crippen LogP contribution < -0.4 is 23.7 Å². The van der Waals surface area contributed by atoms with E-state index in [0.29, 0.717) is 33.9 Å². The molecule has 18 heteroatoms. The van der Waals surface area contributed by atoms with Crippen LogP contribution in [0, 0.1) is 39.3 Å². The maximum absolute atomic E-state index is 12.9. The fourth-order valence-corrected chi connectivity index (χ4v) is 15.4. The van der Waals surface area contributed by atoms with Gasteiger partial charge < -0.3 is 39.0 Å². The summed E-state index contributed by atoms with van der Waals surface area (Å²) in [6, 6.07) is 71.0. The van der Waals surface area contributed by atoms with Crippen molar-refractivity contribution in [2.45, 2.75) is 369 Å². The van der Waals surface area contributed by atoms with Crippen LogP contribution in [0.1, 0.15) is 348 Å². The summed E-state index contributed by atoms with van der Waals surface area (Å²) in [4.78, 5) is 0. The summed E-state index contributed by atoms with van der Waals surface area (Å²) in [5.74, 6) is 2.37. The average Bonchev–Trinajstić information content (AvgIpc) is 0.795. The van der Waals surface area contributed by atoms with Crippen molar-refractivity contribution >= 4 is 23.2 Å². The highest BCUT2D eigenvalue weighted by molar-refractivity contribution is 6.32. The third-order valence-corrected chi connectivity index (χ3v) is 22.9. The smallest absolute Gasteiger partial charge is 0.416 e. The summed E-state index contributed by atoms with van der Waals surface area (Å²) >= 11 is 11.8. The van der Waals surface area contributed by atoms with Crippen molar-refractivity contribution < 1.29 is 74.1 Å². The van der Waals surface area contributed by atoms with Crippen LogP contribution in [0.4, 0.5) is 35.1 Å². The lowest BCUT2D eigenvalue weighted by Gasteiger charge is -2.25. The third kappa shape index (κ3) is 48.5. The fourth-order valence-electron chi connectivity index (χ4n) is 15.0. The van der Waals surface area contributed by atoms with Gasteiger partial charge in [-0.1, -0.05) is 408 Å². The zero-order valence-corrected chi connectivity index (χ0v) is 95.6. The molecule has 0 fully saturated rings. The van der Waals surface area contributed by atoms with E-state index in [1.165, 1.54) is 106 Å². The Morgan fingerprint density at radius 1 is 0.308 bits per heavy atom. The van der Waals surface area contributed by atoms with Crippen molar-refractivity contribution in [2.24, 2.45) is 0 Å². The lowest BCUT2D eigenvalue weighted by Crippen LogP contribution is -2.18. The monoisotopic (exact) mass is 2030 g/mol. The number of methoxy groups -OCH3 is 2. The molecule has 0 saturated heterocycles. The highest BCUT2D eigenvalue weighted by atomic mass is 35.5. The molecule has 3 N–H and O–H groups in total. The normalized spacial score (nSPS) is 12.0. The van der Waals surface area contributed by atoms with Gasteiger partial charge in [0.1, 0.15) is 40.4 Å². The summed E-state index contributed by atoms with van der Waals surface area (Å²) in [5.41, 5.74) is 19.6. The number of hydrogen-bond acceptors (Lipinski definition) is 8. The van der Waals surface area contributed by atoms with Crippen molar-refractivity contribution in [1.29, 1.82) is 0 Å². The number of aliphatic hydroxyl groups excluding tert-OH is 3. The van der Waals surface area contributed by atoms with Crippen molar-refractivity contribution in [3.8, 4) is 28.7 Å². The lowest BCUT2D eigenvalue weighted by molar-refractivity contribution is -0.137. The Morgan fingerprint density at radius 2 is 0.692 bits per heavy atom. The van der Waals surface area contributed by atoms with Crippen LogP contribution in [0.25, 0.3) is 0 Å². The zero-order chi connectivity index (χ0) is 111. The summed E-state index contributed by atoms with van der Waals surface area (Å²) in [6.45, 7) is 78.7. The number of aryl methyl sites for hydroxylation is 4. The van der Waals surface area contributed by atoms with E-state index in [9.17, 15) is 50.4 Å². The molecule has 0 bridgehead atoms.